The number of benzene rings is 1. The maximum atomic E-state index is 14.0. The maximum Gasteiger partial charge on any atom is 0.128 e. The van der Waals surface area contributed by atoms with Gasteiger partial charge in [-0.25, -0.2) is 4.39 Å². The van der Waals surface area contributed by atoms with E-state index in [0.29, 0.717) is 10.6 Å². The van der Waals surface area contributed by atoms with Crippen molar-refractivity contribution in [3.63, 3.8) is 0 Å². The third-order valence-electron chi connectivity index (χ3n) is 2.86. The van der Waals surface area contributed by atoms with Crippen LogP contribution in [0.2, 0.25) is 5.02 Å². The predicted molar refractivity (Wildman–Crippen MR) is 83.6 cm³/mol. The third-order valence-corrected chi connectivity index (χ3v) is 5.05. The molecule has 0 amide bonds. The van der Waals surface area contributed by atoms with E-state index in [9.17, 15) is 4.39 Å². The summed E-state index contributed by atoms with van der Waals surface area (Å²) >= 11 is 11.2. The van der Waals surface area contributed by atoms with E-state index in [2.05, 4.69) is 21.2 Å². The van der Waals surface area contributed by atoms with E-state index in [-0.39, 0.29) is 11.9 Å². The van der Waals surface area contributed by atoms with Crippen LogP contribution < -0.4 is 5.32 Å². The molecule has 1 unspecified atom stereocenters. The fourth-order valence-electron chi connectivity index (χ4n) is 1.98. The lowest BCUT2D eigenvalue weighted by Gasteiger charge is -2.19. The summed E-state index contributed by atoms with van der Waals surface area (Å²) in [4.78, 5) is 1.20. The molecule has 19 heavy (non-hydrogen) atoms. The first-order valence-corrected chi connectivity index (χ1v) is 8.07. The van der Waals surface area contributed by atoms with Crippen LogP contribution in [0.1, 0.15) is 23.4 Å². The summed E-state index contributed by atoms with van der Waals surface area (Å²) in [6, 6.07) is 6.64. The fraction of sp³-hybridized carbons (Fsp3) is 0.286. The molecule has 0 bridgehead atoms. The van der Waals surface area contributed by atoms with Crippen molar-refractivity contribution in [3.8, 4) is 0 Å². The highest BCUT2D eigenvalue weighted by Gasteiger charge is 2.17. The highest BCUT2D eigenvalue weighted by molar-refractivity contribution is 9.10. The van der Waals surface area contributed by atoms with Gasteiger partial charge in [0, 0.05) is 32.4 Å². The number of likely N-dealkylation sites (N-methyl/N-ethyl adjacent to an activating group) is 1. The molecule has 1 atom stereocenters. The molecule has 0 aliphatic heterocycles. The van der Waals surface area contributed by atoms with Crippen molar-refractivity contribution in [2.45, 2.75) is 19.4 Å². The van der Waals surface area contributed by atoms with Gasteiger partial charge in [-0.05, 0) is 52.1 Å². The van der Waals surface area contributed by atoms with Crippen LogP contribution in [0.25, 0.3) is 0 Å². The molecule has 1 N–H and O–H groups in total. The zero-order valence-electron chi connectivity index (χ0n) is 10.4. The van der Waals surface area contributed by atoms with Gasteiger partial charge in [-0.15, -0.1) is 11.3 Å². The topological polar surface area (TPSA) is 12.0 Å². The number of halogens is 3. The van der Waals surface area contributed by atoms with E-state index < -0.39 is 0 Å². The van der Waals surface area contributed by atoms with Crippen LogP contribution in [0.3, 0.4) is 0 Å². The van der Waals surface area contributed by atoms with E-state index in [4.69, 9.17) is 11.6 Å². The minimum absolute atomic E-state index is 0.0707. The fourth-order valence-corrected chi connectivity index (χ4v) is 3.72. The Kier molecular flexibility index (Phi) is 5.39. The van der Waals surface area contributed by atoms with Gasteiger partial charge in [0.2, 0.25) is 0 Å². The lowest BCUT2D eigenvalue weighted by molar-refractivity contribution is 0.512. The molecule has 5 heteroatoms. The molecule has 0 aliphatic carbocycles. The molecule has 0 radical (unpaired) electrons. The number of nitrogens with one attached hydrogen (secondary N) is 1. The second-order valence-electron chi connectivity index (χ2n) is 4.17. The molecule has 0 saturated carbocycles. The van der Waals surface area contributed by atoms with Gasteiger partial charge in [-0.3, -0.25) is 0 Å². The molecule has 102 valence electrons. The molecule has 1 aromatic heterocycles. The van der Waals surface area contributed by atoms with Crippen molar-refractivity contribution < 1.29 is 4.39 Å². The standard InChI is InChI=1S/C14H14BrClFNS/c1-2-18-13(8-14-11(15)5-6-19-14)10-7-9(16)3-4-12(10)17/h3-7,13,18H,2,8H2,1H3. The first-order chi connectivity index (χ1) is 9.11. The average molecular weight is 363 g/mol. The number of rotatable bonds is 5. The average Bonchev–Trinajstić information content (AvgIpc) is 2.78. The Morgan fingerprint density at radius 3 is 2.84 bits per heavy atom. The second kappa shape index (κ2) is 6.84. The van der Waals surface area contributed by atoms with Gasteiger partial charge < -0.3 is 5.32 Å². The summed E-state index contributed by atoms with van der Waals surface area (Å²) < 4.78 is 15.0. The molecular formula is C14H14BrClFNS. The van der Waals surface area contributed by atoms with Gasteiger partial charge in [0.25, 0.3) is 0 Å². The van der Waals surface area contributed by atoms with E-state index in [1.165, 1.54) is 10.9 Å². The Bertz CT molecular complexity index is 558. The SMILES string of the molecule is CCNC(Cc1sccc1Br)c1cc(Cl)ccc1F. The number of hydrogen-bond donors (Lipinski definition) is 1. The van der Waals surface area contributed by atoms with Crippen molar-refractivity contribution in [2.75, 3.05) is 6.54 Å². The van der Waals surface area contributed by atoms with Gasteiger partial charge in [-0.2, -0.15) is 0 Å². The number of thiophene rings is 1. The van der Waals surface area contributed by atoms with Gasteiger partial charge in [-0.1, -0.05) is 18.5 Å². The third kappa shape index (κ3) is 3.78. The minimum Gasteiger partial charge on any atom is -0.310 e. The second-order valence-corrected chi connectivity index (χ2v) is 6.46. The van der Waals surface area contributed by atoms with Crippen molar-refractivity contribution in [1.29, 1.82) is 0 Å². The van der Waals surface area contributed by atoms with Crippen LogP contribution in [0, 0.1) is 5.82 Å². The molecule has 0 aliphatic rings. The molecule has 2 aromatic rings. The normalized spacial score (nSPS) is 12.6. The molecule has 1 heterocycles. The predicted octanol–water partition coefficient (Wildman–Crippen LogP) is 5.20. The Morgan fingerprint density at radius 1 is 1.42 bits per heavy atom. The van der Waals surface area contributed by atoms with Gasteiger partial charge >= 0.3 is 0 Å². The number of hydrogen-bond acceptors (Lipinski definition) is 2. The summed E-state index contributed by atoms with van der Waals surface area (Å²) in [5.41, 5.74) is 0.620. The first kappa shape index (κ1) is 15.0. The molecule has 1 aromatic carbocycles. The molecule has 0 spiro atoms. The zero-order valence-corrected chi connectivity index (χ0v) is 13.6. The lowest BCUT2D eigenvalue weighted by Crippen LogP contribution is -2.23. The molecular weight excluding hydrogens is 349 g/mol. The smallest absolute Gasteiger partial charge is 0.128 e. The van der Waals surface area contributed by atoms with E-state index in [1.54, 1.807) is 23.5 Å². The molecule has 2 rings (SSSR count). The van der Waals surface area contributed by atoms with Crippen LogP contribution >= 0.6 is 38.9 Å². The largest absolute Gasteiger partial charge is 0.310 e. The first-order valence-electron chi connectivity index (χ1n) is 6.02. The van der Waals surface area contributed by atoms with Crippen molar-refractivity contribution >= 4 is 38.9 Å². The Morgan fingerprint density at radius 2 is 2.21 bits per heavy atom. The van der Waals surface area contributed by atoms with E-state index >= 15 is 0 Å². The summed E-state index contributed by atoms with van der Waals surface area (Å²) in [7, 11) is 0. The van der Waals surface area contributed by atoms with E-state index in [0.717, 1.165) is 17.4 Å². The molecule has 0 saturated heterocycles. The van der Waals surface area contributed by atoms with Crippen molar-refractivity contribution in [2.24, 2.45) is 0 Å². The van der Waals surface area contributed by atoms with Crippen molar-refractivity contribution in [3.05, 3.63) is 55.4 Å². The summed E-state index contributed by atoms with van der Waals surface area (Å²) in [6.45, 7) is 2.79. The zero-order chi connectivity index (χ0) is 13.8. The van der Waals surface area contributed by atoms with Crippen LogP contribution in [0.5, 0.6) is 0 Å². The Balaban J connectivity index is 2.29. The maximum absolute atomic E-state index is 14.0. The van der Waals surface area contributed by atoms with Gasteiger partial charge in [0.1, 0.15) is 5.82 Å². The van der Waals surface area contributed by atoms with Crippen LogP contribution in [-0.2, 0) is 6.42 Å². The molecule has 0 fully saturated rings. The molecule has 1 nitrogen and oxygen atoms in total. The quantitative estimate of drug-likeness (QED) is 0.771. The van der Waals surface area contributed by atoms with Crippen molar-refractivity contribution in [1.82, 2.24) is 5.32 Å². The summed E-state index contributed by atoms with van der Waals surface area (Å²) in [5, 5.41) is 5.90. The highest BCUT2D eigenvalue weighted by Crippen LogP contribution is 2.30. The highest BCUT2D eigenvalue weighted by atomic mass is 79.9. The lowest BCUT2D eigenvalue weighted by atomic mass is 10.0. The van der Waals surface area contributed by atoms with Crippen LogP contribution in [0.15, 0.2) is 34.1 Å². The monoisotopic (exact) mass is 361 g/mol. The Hall–Kier alpha value is -0.420. The summed E-state index contributed by atoms with van der Waals surface area (Å²) in [5.74, 6) is -0.219. The minimum atomic E-state index is -0.219. The Labute approximate surface area is 129 Å². The van der Waals surface area contributed by atoms with Crippen LogP contribution in [-0.4, -0.2) is 6.54 Å². The summed E-state index contributed by atoms with van der Waals surface area (Å²) in [6.07, 6.45) is 0.739. The van der Waals surface area contributed by atoms with E-state index in [1.807, 2.05) is 18.4 Å². The van der Waals surface area contributed by atoms with Gasteiger partial charge in [0.05, 0.1) is 0 Å². The van der Waals surface area contributed by atoms with Gasteiger partial charge in [0.15, 0.2) is 0 Å². The van der Waals surface area contributed by atoms with Crippen LogP contribution in [0.4, 0.5) is 4.39 Å².